The Morgan fingerprint density at radius 1 is 0.714 bits per heavy atom. The molecule has 0 aliphatic rings. The molecule has 1 atom stereocenters. The molecule has 49 heavy (non-hydrogen) atoms. The number of ether oxygens (including phenoxy) is 1. The second-order valence-corrected chi connectivity index (χ2v) is 18.2. The Kier molecular flexibility index (Phi) is 11.9. The molecule has 0 amide bonds. The number of nitro groups is 1. The minimum atomic E-state index is -0.992. The normalized spacial score (nSPS) is 13.7. The number of thiocarbonyl (C=S) groups is 1. The first-order valence-electron chi connectivity index (χ1n) is 17.1. The van der Waals surface area contributed by atoms with Crippen molar-refractivity contribution < 1.29 is 9.66 Å². The molecular formula is C41H60N4O3S. The van der Waals surface area contributed by atoms with E-state index >= 15 is 0 Å². The monoisotopic (exact) mass is 688 g/mol. The molecule has 0 spiro atoms. The lowest BCUT2D eigenvalue weighted by atomic mass is 9.71. The van der Waals surface area contributed by atoms with Crippen LogP contribution in [0.1, 0.15) is 116 Å². The van der Waals surface area contributed by atoms with Crippen LogP contribution in [0.2, 0.25) is 0 Å². The van der Waals surface area contributed by atoms with Crippen LogP contribution in [0.4, 0.5) is 11.4 Å². The third-order valence-electron chi connectivity index (χ3n) is 9.19. The van der Waals surface area contributed by atoms with E-state index in [2.05, 4.69) is 149 Å². The van der Waals surface area contributed by atoms with E-state index in [9.17, 15) is 10.1 Å². The summed E-state index contributed by atoms with van der Waals surface area (Å²) < 4.78 is 6.99. The number of rotatable bonds is 9. The molecule has 0 aliphatic carbocycles. The summed E-state index contributed by atoms with van der Waals surface area (Å²) in [4.78, 5) is 13.0. The molecule has 0 aromatic heterocycles. The van der Waals surface area contributed by atoms with Gasteiger partial charge in [0.2, 0.25) is 0 Å². The average molecular weight is 689 g/mol. The third kappa shape index (κ3) is 9.68. The van der Waals surface area contributed by atoms with E-state index in [4.69, 9.17) is 17.0 Å². The Balaban J connectivity index is 2.45. The summed E-state index contributed by atoms with van der Waals surface area (Å²) in [5.41, 5.74) is 6.26. The number of non-ortho nitro benzene ring substituents is 1. The molecule has 7 nitrogen and oxygen atoms in total. The Labute approximate surface area is 301 Å². The van der Waals surface area contributed by atoms with Gasteiger partial charge in [-0.3, -0.25) is 10.1 Å². The van der Waals surface area contributed by atoms with Crippen LogP contribution in [-0.4, -0.2) is 48.7 Å². The highest BCUT2D eigenvalue weighted by Gasteiger charge is 2.45. The number of hydrogen-bond acceptors (Lipinski definition) is 5. The van der Waals surface area contributed by atoms with Crippen molar-refractivity contribution in [2.24, 2.45) is 0 Å². The van der Waals surface area contributed by atoms with Gasteiger partial charge < -0.3 is 20.3 Å². The van der Waals surface area contributed by atoms with Crippen molar-refractivity contribution in [2.75, 3.05) is 33.1 Å². The van der Waals surface area contributed by atoms with E-state index in [1.54, 1.807) is 19.2 Å². The van der Waals surface area contributed by atoms with Crippen LogP contribution in [-0.2, 0) is 32.0 Å². The van der Waals surface area contributed by atoms with Gasteiger partial charge in [-0.15, -0.1) is 0 Å². The fourth-order valence-electron chi connectivity index (χ4n) is 6.00. The number of benzene rings is 3. The number of hydrogen-bond donors (Lipinski definition) is 2. The average Bonchev–Trinajstić information content (AvgIpc) is 2.95. The van der Waals surface area contributed by atoms with Gasteiger partial charge in [-0.1, -0.05) is 119 Å². The Morgan fingerprint density at radius 2 is 1.06 bits per heavy atom. The molecule has 0 fully saturated rings. The van der Waals surface area contributed by atoms with Crippen LogP contribution in [0.3, 0.4) is 0 Å². The van der Waals surface area contributed by atoms with Crippen LogP contribution < -0.4 is 10.6 Å². The van der Waals surface area contributed by atoms with Crippen LogP contribution >= 0.6 is 12.2 Å². The Bertz CT molecular complexity index is 1500. The van der Waals surface area contributed by atoms with E-state index in [1.165, 1.54) is 34.4 Å². The maximum atomic E-state index is 11.3. The number of methoxy groups -OCH3 is 1. The summed E-state index contributed by atoms with van der Waals surface area (Å²) in [6.45, 7) is 27.6. The zero-order chi connectivity index (χ0) is 37.3. The van der Waals surface area contributed by atoms with Crippen molar-refractivity contribution in [2.45, 2.75) is 116 Å². The van der Waals surface area contributed by atoms with Crippen molar-refractivity contribution in [1.29, 1.82) is 0 Å². The van der Waals surface area contributed by atoms with Gasteiger partial charge in [-0.2, -0.15) is 0 Å². The van der Waals surface area contributed by atoms with Crippen molar-refractivity contribution in [3.05, 3.63) is 104 Å². The molecule has 0 heterocycles. The lowest BCUT2D eigenvalue weighted by molar-refractivity contribution is -0.384. The molecule has 0 saturated carbocycles. The topological polar surface area (TPSA) is 79.7 Å². The van der Waals surface area contributed by atoms with Gasteiger partial charge in [-0.05, 0) is 93.5 Å². The van der Waals surface area contributed by atoms with Crippen molar-refractivity contribution >= 4 is 28.7 Å². The number of nitrogens with zero attached hydrogens (tertiary/aromatic N) is 2. The first-order valence-corrected chi connectivity index (χ1v) is 17.5. The Morgan fingerprint density at radius 3 is 1.35 bits per heavy atom. The van der Waals surface area contributed by atoms with Gasteiger partial charge >= 0.3 is 0 Å². The lowest BCUT2D eigenvalue weighted by Gasteiger charge is -2.44. The maximum Gasteiger partial charge on any atom is 0.269 e. The number of nitrogens with one attached hydrogen (secondary N) is 2. The SMILES string of the molecule is COC(c1cc(C(C)(C)C)cc(C(C)(C)C)c1)(c1cc(C(C)(C)C)cc(C(C)(C)C)c1)[C@@H](CN(C)C)NC(=S)Nc1ccc([N+](=O)[O-])cc1. The molecular weight excluding hydrogens is 629 g/mol. The zero-order valence-electron chi connectivity index (χ0n) is 32.6. The molecule has 0 saturated heterocycles. The van der Waals surface area contributed by atoms with E-state index in [0.717, 1.165) is 11.1 Å². The summed E-state index contributed by atoms with van der Waals surface area (Å²) in [6, 6.07) is 19.9. The standard InChI is InChI=1S/C41H60N4O3S/c1-37(2,3)27-20-28(38(4,5)6)23-31(22-27)41(48-15,32-24-29(39(7,8)9)21-30(25-32)40(10,11)12)35(26-44(13)14)43-36(49)42-33-16-18-34(19-17-33)45(46)47/h16-25,35H,26H2,1-15H3,(H2,42,43,49)/t35-/m1/s1. The molecule has 3 aromatic rings. The summed E-state index contributed by atoms with van der Waals surface area (Å²) in [6.07, 6.45) is 0. The molecule has 0 bridgehead atoms. The van der Waals surface area contributed by atoms with Crippen LogP contribution in [0.5, 0.6) is 0 Å². The number of anilines is 1. The first kappa shape index (κ1) is 40.1. The van der Waals surface area contributed by atoms with Gasteiger partial charge in [-0.25, -0.2) is 0 Å². The number of likely N-dealkylation sites (N-methyl/N-ethyl adjacent to an activating group) is 1. The van der Waals surface area contributed by atoms with Gasteiger partial charge in [0.1, 0.15) is 5.60 Å². The highest BCUT2D eigenvalue weighted by molar-refractivity contribution is 7.80. The lowest BCUT2D eigenvalue weighted by Crippen LogP contribution is -2.57. The molecule has 0 unspecified atom stereocenters. The largest absolute Gasteiger partial charge is 0.367 e. The molecule has 0 radical (unpaired) electrons. The predicted octanol–water partition coefficient (Wildman–Crippen LogP) is 9.59. The van der Waals surface area contributed by atoms with Crippen molar-refractivity contribution in [3.8, 4) is 0 Å². The second kappa shape index (κ2) is 14.5. The van der Waals surface area contributed by atoms with Crippen LogP contribution in [0.25, 0.3) is 0 Å². The molecule has 2 N–H and O–H groups in total. The van der Waals surface area contributed by atoms with E-state index in [1.807, 2.05) is 0 Å². The zero-order valence-corrected chi connectivity index (χ0v) is 33.4. The molecule has 0 aliphatic heterocycles. The second-order valence-electron chi connectivity index (χ2n) is 17.8. The summed E-state index contributed by atoms with van der Waals surface area (Å²) in [7, 11) is 5.92. The maximum absolute atomic E-state index is 11.3. The highest BCUT2D eigenvalue weighted by Crippen LogP contribution is 2.44. The predicted molar refractivity (Wildman–Crippen MR) is 210 cm³/mol. The smallest absolute Gasteiger partial charge is 0.269 e. The van der Waals surface area contributed by atoms with Gasteiger partial charge in [0.15, 0.2) is 5.11 Å². The molecule has 268 valence electrons. The molecule has 8 heteroatoms. The van der Waals surface area contributed by atoms with Crippen molar-refractivity contribution in [1.82, 2.24) is 10.2 Å². The minimum absolute atomic E-state index is 0.0232. The van der Waals surface area contributed by atoms with Crippen LogP contribution in [0.15, 0.2) is 60.7 Å². The number of nitro benzene ring substituents is 1. The summed E-state index contributed by atoms with van der Waals surface area (Å²) in [5.74, 6) is 0. The summed E-state index contributed by atoms with van der Waals surface area (Å²) >= 11 is 5.98. The van der Waals surface area contributed by atoms with E-state index in [0.29, 0.717) is 17.3 Å². The van der Waals surface area contributed by atoms with E-state index < -0.39 is 10.5 Å². The quantitative estimate of drug-likeness (QED) is 0.132. The fourth-order valence-corrected chi connectivity index (χ4v) is 6.26. The fraction of sp³-hybridized carbons (Fsp3) is 0.537. The first-order chi connectivity index (χ1) is 22.3. The highest BCUT2D eigenvalue weighted by atomic mass is 32.1. The molecule has 3 aromatic carbocycles. The minimum Gasteiger partial charge on any atom is -0.367 e. The van der Waals surface area contributed by atoms with Gasteiger partial charge in [0.25, 0.3) is 5.69 Å². The van der Waals surface area contributed by atoms with Gasteiger partial charge in [0.05, 0.1) is 11.0 Å². The summed E-state index contributed by atoms with van der Waals surface area (Å²) in [5, 5.41) is 18.6. The van der Waals surface area contributed by atoms with Crippen molar-refractivity contribution in [3.63, 3.8) is 0 Å². The van der Waals surface area contributed by atoms with Crippen LogP contribution in [0, 0.1) is 10.1 Å². The van der Waals surface area contributed by atoms with E-state index in [-0.39, 0.29) is 33.4 Å². The van der Waals surface area contributed by atoms with Gasteiger partial charge in [0, 0.05) is 31.5 Å². The third-order valence-corrected chi connectivity index (χ3v) is 9.41. The Hall–Kier alpha value is -3.33. The molecule has 3 rings (SSSR count).